The van der Waals surface area contributed by atoms with E-state index in [1.54, 1.807) is 18.2 Å². The van der Waals surface area contributed by atoms with Gasteiger partial charge in [0.1, 0.15) is 0 Å². The molecule has 5 heteroatoms. The number of ketones is 1. The van der Waals surface area contributed by atoms with Crippen LogP contribution in [0.2, 0.25) is 10.0 Å². The number of carbonyl (C=O) groups is 1. The summed E-state index contributed by atoms with van der Waals surface area (Å²) in [7, 11) is 0. The van der Waals surface area contributed by atoms with E-state index in [2.05, 4.69) is 11.8 Å². The van der Waals surface area contributed by atoms with Crippen molar-refractivity contribution in [3.63, 3.8) is 0 Å². The van der Waals surface area contributed by atoms with Gasteiger partial charge >= 0.3 is 0 Å². The summed E-state index contributed by atoms with van der Waals surface area (Å²) in [6.07, 6.45) is 4.45. The number of nitrogens with zero attached hydrogens (tertiary/aromatic N) is 1. The third-order valence-electron chi connectivity index (χ3n) is 3.89. The third kappa shape index (κ3) is 5.14. The van der Waals surface area contributed by atoms with Crippen molar-refractivity contribution in [1.29, 1.82) is 0 Å². The van der Waals surface area contributed by atoms with E-state index < -0.39 is 0 Å². The minimum Gasteiger partial charge on any atom is -0.303 e. The molecule has 0 aromatic heterocycles. The van der Waals surface area contributed by atoms with Gasteiger partial charge in [0.2, 0.25) is 0 Å². The van der Waals surface area contributed by atoms with Gasteiger partial charge in [0, 0.05) is 18.0 Å². The fourth-order valence-electron chi connectivity index (χ4n) is 2.82. The molecule has 0 aliphatic carbocycles. The van der Waals surface area contributed by atoms with Crippen molar-refractivity contribution in [2.45, 2.75) is 32.6 Å². The van der Waals surface area contributed by atoms with Crippen molar-refractivity contribution >= 4 is 41.4 Å². The Balaban J connectivity index is 0.00000220. The molecular weight excluding hydrogens is 329 g/mol. The fraction of sp³-hybridized carbons (Fsp3) is 0.562. The molecule has 2 rings (SSSR count). The maximum absolute atomic E-state index is 12.7. The van der Waals surface area contributed by atoms with Crippen LogP contribution in [0.3, 0.4) is 0 Å². The first-order valence-electron chi connectivity index (χ1n) is 7.33. The Bertz CT molecular complexity index is 473. The topological polar surface area (TPSA) is 20.3 Å². The molecule has 0 N–H and O–H groups in total. The average molecular weight is 351 g/mol. The van der Waals surface area contributed by atoms with Crippen LogP contribution >= 0.6 is 35.6 Å². The zero-order valence-corrected chi connectivity index (χ0v) is 14.6. The quantitative estimate of drug-likeness (QED) is 0.664. The van der Waals surface area contributed by atoms with E-state index in [0.717, 1.165) is 32.5 Å². The Hall–Kier alpha value is -0.280. The summed E-state index contributed by atoms with van der Waals surface area (Å²) in [6, 6.07) is 5.18. The Morgan fingerprint density at radius 3 is 2.48 bits per heavy atom. The molecule has 21 heavy (non-hydrogen) atoms. The largest absolute Gasteiger partial charge is 0.303 e. The van der Waals surface area contributed by atoms with Crippen LogP contribution in [0.1, 0.15) is 43.0 Å². The molecule has 1 unspecified atom stereocenters. The number of likely N-dealkylation sites (tertiary alicyclic amines) is 1. The van der Waals surface area contributed by atoms with Gasteiger partial charge in [0.25, 0.3) is 0 Å². The summed E-state index contributed by atoms with van der Waals surface area (Å²) in [5.74, 6) is 0.257. The molecule has 0 saturated carbocycles. The van der Waals surface area contributed by atoms with Gasteiger partial charge in [-0.2, -0.15) is 0 Å². The molecule has 0 bridgehead atoms. The number of carbonyl (C=O) groups excluding carboxylic acids is 1. The smallest absolute Gasteiger partial charge is 0.167 e. The molecule has 0 amide bonds. The summed E-state index contributed by atoms with van der Waals surface area (Å²) in [5, 5.41) is 0.948. The van der Waals surface area contributed by atoms with Gasteiger partial charge in [-0.05, 0) is 50.6 Å². The van der Waals surface area contributed by atoms with Crippen LogP contribution in [0.25, 0.3) is 0 Å². The van der Waals surface area contributed by atoms with Gasteiger partial charge in [0.15, 0.2) is 5.78 Å². The van der Waals surface area contributed by atoms with Gasteiger partial charge in [-0.15, -0.1) is 12.4 Å². The van der Waals surface area contributed by atoms with Crippen molar-refractivity contribution in [1.82, 2.24) is 4.90 Å². The van der Waals surface area contributed by atoms with Crippen LogP contribution in [0.4, 0.5) is 0 Å². The van der Waals surface area contributed by atoms with E-state index >= 15 is 0 Å². The Labute approximate surface area is 143 Å². The Morgan fingerprint density at radius 1 is 1.24 bits per heavy atom. The lowest BCUT2D eigenvalue weighted by molar-refractivity contribution is 0.0880. The number of rotatable bonds is 6. The predicted octanol–water partition coefficient (Wildman–Crippen LogP) is 5.11. The number of hydrogen-bond donors (Lipinski definition) is 0. The molecular formula is C16H22Cl3NO. The molecule has 1 aliphatic rings. The monoisotopic (exact) mass is 349 g/mol. The van der Waals surface area contributed by atoms with Crippen LogP contribution in [0, 0.1) is 5.92 Å². The van der Waals surface area contributed by atoms with E-state index in [4.69, 9.17) is 23.2 Å². The third-order valence-corrected chi connectivity index (χ3v) is 4.63. The summed E-state index contributed by atoms with van der Waals surface area (Å²) >= 11 is 11.9. The summed E-state index contributed by atoms with van der Waals surface area (Å²) in [6.45, 7) is 5.23. The molecule has 1 aromatic rings. The van der Waals surface area contributed by atoms with Crippen molar-refractivity contribution < 1.29 is 4.79 Å². The molecule has 1 atom stereocenters. The molecule has 0 spiro atoms. The molecule has 1 heterocycles. The maximum atomic E-state index is 12.7. The van der Waals surface area contributed by atoms with E-state index in [-0.39, 0.29) is 24.1 Å². The van der Waals surface area contributed by atoms with Crippen molar-refractivity contribution in [3.8, 4) is 0 Å². The van der Waals surface area contributed by atoms with Gasteiger partial charge in [0.05, 0.1) is 10.0 Å². The lowest BCUT2D eigenvalue weighted by Crippen LogP contribution is -2.31. The van der Waals surface area contributed by atoms with Crippen molar-refractivity contribution in [2.75, 3.05) is 19.6 Å². The highest BCUT2D eigenvalue weighted by molar-refractivity contribution is 6.42. The lowest BCUT2D eigenvalue weighted by atomic mass is 9.93. The number of halogens is 3. The first kappa shape index (κ1) is 18.8. The highest BCUT2D eigenvalue weighted by Crippen LogP contribution is 2.25. The van der Waals surface area contributed by atoms with Gasteiger partial charge in [-0.25, -0.2) is 0 Å². The van der Waals surface area contributed by atoms with Gasteiger partial charge in [-0.1, -0.05) is 36.5 Å². The fourth-order valence-corrected chi connectivity index (χ4v) is 3.11. The highest BCUT2D eigenvalue weighted by Gasteiger charge is 2.24. The molecule has 0 radical (unpaired) electrons. The van der Waals surface area contributed by atoms with Gasteiger partial charge < -0.3 is 4.90 Å². The molecule has 1 aromatic carbocycles. The molecule has 2 nitrogen and oxygen atoms in total. The normalized spacial score (nSPS) is 16.5. The molecule has 118 valence electrons. The van der Waals surface area contributed by atoms with Crippen LogP contribution in [0.15, 0.2) is 18.2 Å². The molecule has 1 fully saturated rings. The number of benzene rings is 1. The zero-order chi connectivity index (χ0) is 14.5. The van der Waals surface area contributed by atoms with Crippen LogP contribution < -0.4 is 0 Å². The van der Waals surface area contributed by atoms with E-state index in [0.29, 0.717) is 15.6 Å². The van der Waals surface area contributed by atoms with Crippen molar-refractivity contribution in [3.05, 3.63) is 33.8 Å². The van der Waals surface area contributed by atoms with E-state index in [9.17, 15) is 4.79 Å². The average Bonchev–Trinajstić information content (AvgIpc) is 2.93. The van der Waals surface area contributed by atoms with E-state index in [1.165, 1.54) is 12.8 Å². The molecule has 1 saturated heterocycles. The first-order valence-corrected chi connectivity index (χ1v) is 8.09. The predicted molar refractivity (Wildman–Crippen MR) is 92.1 cm³/mol. The Morgan fingerprint density at radius 2 is 1.90 bits per heavy atom. The summed E-state index contributed by atoms with van der Waals surface area (Å²) in [5.41, 5.74) is 0.678. The molecule has 1 aliphatic heterocycles. The second-order valence-electron chi connectivity index (χ2n) is 5.49. The zero-order valence-electron chi connectivity index (χ0n) is 12.3. The highest BCUT2D eigenvalue weighted by atomic mass is 35.5. The van der Waals surface area contributed by atoms with Crippen molar-refractivity contribution in [2.24, 2.45) is 5.92 Å². The Kier molecular flexibility index (Phi) is 8.04. The lowest BCUT2D eigenvalue weighted by Gasteiger charge is -2.22. The van der Waals surface area contributed by atoms with Crippen LogP contribution in [-0.4, -0.2) is 30.3 Å². The SMILES string of the molecule is CCCC(CN1CCCC1)C(=O)c1ccc(Cl)c(Cl)c1.Cl. The number of Topliss-reactive ketones (excluding diaryl/α,β-unsaturated/α-hetero) is 1. The number of hydrogen-bond acceptors (Lipinski definition) is 2. The summed E-state index contributed by atoms with van der Waals surface area (Å²) in [4.78, 5) is 15.1. The minimum atomic E-state index is 0. The standard InChI is InChI=1S/C16H21Cl2NO.ClH/c1-2-5-13(11-19-8-3-4-9-19)16(20)12-6-7-14(17)15(18)10-12;/h6-7,10,13H,2-5,8-9,11H2,1H3;1H. The maximum Gasteiger partial charge on any atom is 0.167 e. The van der Waals surface area contributed by atoms with Crippen LogP contribution in [0.5, 0.6) is 0 Å². The second-order valence-corrected chi connectivity index (χ2v) is 6.30. The first-order chi connectivity index (χ1) is 9.61. The summed E-state index contributed by atoms with van der Waals surface area (Å²) < 4.78 is 0. The van der Waals surface area contributed by atoms with E-state index in [1.807, 2.05) is 0 Å². The van der Waals surface area contributed by atoms with Gasteiger partial charge in [-0.3, -0.25) is 4.79 Å². The second kappa shape index (κ2) is 8.99. The van der Waals surface area contributed by atoms with Crippen LogP contribution in [-0.2, 0) is 0 Å². The minimum absolute atomic E-state index is 0.